The Kier molecular flexibility index (Phi) is 10.5. The SMILES string of the molecule is CCCCN(CCCC)CCCOc1ccc(C(=O)C(CC)CC2=CS3(OC(=O)C(=O)O3)c3ccccc32)cc1N. The van der Waals surface area contributed by atoms with Gasteiger partial charge in [0.2, 0.25) is 0 Å². The van der Waals surface area contributed by atoms with Crippen molar-refractivity contribution in [2.75, 3.05) is 32.0 Å². The number of nitrogen functional groups attached to an aromatic ring is 1. The van der Waals surface area contributed by atoms with Crippen molar-refractivity contribution in [3.05, 3.63) is 59.0 Å². The van der Waals surface area contributed by atoms with Crippen LogP contribution in [0.4, 0.5) is 5.69 Å². The Labute approximate surface area is 244 Å². The molecule has 2 aliphatic heterocycles. The zero-order valence-electron chi connectivity index (χ0n) is 24.4. The van der Waals surface area contributed by atoms with Crippen LogP contribution in [-0.2, 0) is 18.0 Å². The quantitative estimate of drug-likeness (QED) is 0.101. The van der Waals surface area contributed by atoms with Crippen LogP contribution in [0.3, 0.4) is 0 Å². The largest absolute Gasteiger partial charge is 0.491 e. The standard InChI is InChI=1S/C32H42N2O6S/c1-4-7-16-34(17-8-5-2)18-11-19-38-28-15-14-24(21-27(28)33)30(35)23(6-3)20-25-22-41(39-31(36)32(37)40-41)29-13-10-9-12-26(25)29/h9-10,12-15,21-23H,4-8,11,16-20,33H2,1-3H3. The lowest BCUT2D eigenvalue weighted by Gasteiger charge is -2.28. The number of fused-ring (bicyclic) bond motifs is 2. The van der Waals surface area contributed by atoms with Crippen molar-refractivity contribution in [2.24, 2.45) is 5.92 Å². The minimum atomic E-state index is -2.63. The molecule has 2 heterocycles. The highest BCUT2D eigenvalue weighted by molar-refractivity contribution is 8.29. The van der Waals surface area contributed by atoms with Crippen LogP contribution in [0.25, 0.3) is 5.57 Å². The summed E-state index contributed by atoms with van der Waals surface area (Å²) in [6, 6.07) is 12.6. The lowest BCUT2D eigenvalue weighted by Crippen LogP contribution is -2.28. The molecular formula is C32H42N2O6S. The number of nitrogens with zero attached hydrogens (tertiary/aromatic N) is 1. The van der Waals surface area contributed by atoms with E-state index in [1.807, 2.05) is 25.1 Å². The predicted octanol–water partition coefficient (Wildman–Crippen LogP) is 6.69. The Hall–Kier alpha value is -3.30. The highest BCUT2D eigenvalue weighted by atomic mass is 32.3. The third-order valence-corrected chi connectivity index (χ3v) is 9.92. The Balaban J connectivity index is 1.39. The molecule has 1 saturated heterocycles. The molecule has 0 radical (unpaired) electrons. The molecule has 1 unspecified atom stereocenters. The number of ketones is 1. The third kappa shape index (κ3) is 7.13. The van der Waals surface area contributed by atoms with Gasteiger partial charge in [0.05, 0.1) is 22.6 Å². The van der Waals surface area contributed by atoms with E-state index in [1.54, 1.807) is 29.7 Å². The highest BCUT2D eigenvalue weighted by Crippen LogP contribution is 2.69. The van der Waals surface area contributed by atoms with Gasteiger partial charge in [-0.2, -0.15) is 0 Å². The second kappa shape index (κ2) is 14.0. The summed E-state index contributed by atoms with van der Waals surface area (Å²) in [4.78, 5) is 40.5. The molecule has 222 valence electrons. The fourth-order valence-corrected chi connectivity index (χ4v) is 7.62. The van der Waals surface area contributed by atoms with Gasteiger partial charge in [-0.15, -0.1) is 0 Å². The zero-order chi connectivity index (χ0) is 29.4. The lowest BCUT2D eigenvalue weighted by molar-refractivity contribution is -0.150. The zero-order valence-corrected chi connectivity index (χ0v) is 25.2. The number of Topliss-reactive ketones (excluding diaryl/α,β-unsaturated/α-hetero) is 1. The van der Waals surface area contributed by atoms with Gasteiger partial charge in [0.1, 0.15) is 5.75 Å². The number of hydrogen-bond acceptors (Lipinski definition) is 8. The van der Waals surface area contributed by atoms with E-state index >= 15 is 0 Å². The summed E-state index contributed by atoms with van der Waals surface area (Å²) >= 11 is 0. The Morgan fingerprint density at radius 3 is 2.24 bits per heavy atom. The van der Waals surface area contributed by atoms with Crippen molar-refractivity contribution in [3.63, 3.8) is 0 Å². The molecular weight excluding hydrogens is 540 g/mol. The van der Waals surface area contributed by atoms with E-state index in [9.17, 15) is 14.4 Å². The van der Waals surface area contributed by atoms with Crippen molar-refractivity contribution in [2.45, 2.75) is 70.6 Å². The molecule has 41 heavy (non-hydrogen) atoms. The summed E-state index contributed by atoms with van der Waals surface area (Å²) in [5, 5.41) is 1.73. The molecule has 1 spiro atoms. The second-order valence-corrected chi connectivity index (χ2v) is 12.7. The van der Waals surface area contributed by atoms with Crippen molar-refractivity contribution in [3.8, 4) is 5.75 Å². The molecule has 0 aliphatic carbocycles. The number of rotatable bonds is 16. The van der Waals surface area contributed by atoms with E-state index in [2.05, 4.69) is 18.7 Å². The lowest BCUT2D eigenvalue weighted by atomic mass is 9.87. The molecule has 9 heteroatoms. The molecule has 1 fully saturated rings. The molecule has 4 rings (SSSR count). The minimum absolute atomic E-state index is 0.0250. The van der Waals surface area contributed by atoms with Gasteiger partial charge in [-0.25, -0.2) is 9.59 Å². The van der Waals surface area contributed by atoms with Crippen LogP contribution in [0.1, 0.15) is 81.6 Å². The first-order valence-corrected chi connectivity index (χ1v) is 16.3. The maximum atomic E-state index is 13.6. The van der Waals surface area contributed by atoms with Crippen molar-refractivity contribution in [1.29, 1.82) is 0 Å². The van der Waals surface area contributed by atoms with Crippen LogP contribution in [0.5, 0.6) is 5.75 Å². The number of ether oxygens (including phenoxy) is 1. The molecule has 1 atom stereocenters. The van der Waals surface area contributed by atoms with Crippen molar-refractivity contribution >= 4 is 39.6 Å². The van der Waals surface area contributed by atoms with Gasteiger partial charge in [0.25, 0.3) is 0 Å². The van der Waals surface area contributed by atoms with E-state index in [0.717, 1.165) is 37.2 Å². The summed E-state index contributed by atoms with van der Waals surface area (Å²) in [6.07, 6.45) is 6.73. The molecule has 0 bridgehead atoms. The van der Waals surface area contributed by atoms with E-state index in [4.69, 9.17) is 18.8 Å². The van der Waals surface area contributed by atoms with E-state index in [-0.39, 0.29) is 11.7 Å². The Morgan fingerprint density at radius 2 is 1.61 bits per heavy atom. The van der Waals surface area contributed by atoms with Crippen LogP contribution >= 0.6 is 10.6 Å². The second-order valence-electron chi connectivity index (χ2n) is 10.6. The summed E-state index contributed by atoms with van der Waals surface area (Å²) < 4.78 is 16.9. The summed E-state index contributed by atoms with van der Waals surface area (Å²) in [6.45, 7) is 10.2. The van der Waals surface area contributed by atoms with Gasteiger partial charge in [-0.1, -0.05) is 62.4 Å². The Morgan fingerprint density at radius 1 is 0.951 bits per heavy atom. The first-order chi connectivity index (χ1) is 19.8. The number of nitrogens with two attached hydrogens (primary N) is 1. The smallest absolute Gasteiger partial charge is 0.441 e. The van der Waals surface area contributed by atoms with Gasteiger partial charge >= 0.3 is 11.9 Å². The van der Waals surface area contributed by atoms with Gasteiger partial charge in [0, 0.05) is 23.6 Å². The fraction of sp³-hybridized carbons (Fsp3) is 0.469. The number of carbonyl (C=O) groups excluding carboxylic acids is 3. The summed E-state index contributed by atoms with van der Waals surface area (Å²) in [5.74, 6) is -1.74. The van der Waals surface area contributed by atoms with E-state index < -0.39 is 22.5 Å². The number of anilines is 1. The molecule has 0 amide bonds. The monoisotopic (exact) mass is 582 g/mol. The van der Waals surface area contributed by atoms with Gasteiger partial charge in [-0.05, 0) is 75.0 Å². The predicted molar refractivity (Wildman–Crippen MR) is 162 cm³/mol. The molecule has 0 saturated carbocycles. The maximum Gasteiger partial charge on any atom is 0.441 e. The molecule has 8 nitrogen and oxygen atoms in total. The first-order valence-electron chi connectivity index (χ1n) is 14.7. The normalized spacial score (nSPS) is 16.7. The number of unbranched alkanes of at least 4 members (excludes halogenated alkanes) is 2. The third-order valence-electron chi connectivity index (χ3n) is 7.56. The summed E-state index contributed by atoms with van der Waals surface area (Å²) in [5.41, 5.74) is 8.95. The highest BCUT2D eigenvalue weighted by Gasteiger charge is 2.46. The van der Waals surface area contributed by atoms with Crippen LogP contribution in [0.2, 0.25) is 0 Å². The van der Waals surface area contributed by atoms with Crippen molar-refractivity contribution in [1.82, 2.24) is 4.90 Å². The fourth-order valence-electron chi connectivity index (χ4n) is 5.23. The summed E-state index contributed by atoms with van der Waals surface area (Å²) in [7, 11) is -2.63. The number of hydrogen-bond donors (Lipinski definition) is 1. The molecule has 2 aromatic rings. The van der Waals surface area contributed by atoms with Crippen molar-refractivity contribution < 1.29 is 27.5 Å². The number of allylic oxidation sites excluding steroid dienone is 1. The molecule has 0 aromatic heterocycles. The molecule has 2 aliphatic rings. The van der Waals surface area contributed by atoms with Crippen LogP contribution in [0, 0.1) is 5.92 Å². The minimum Gasteiger partial charge on any atom is -0.491 e. The number of carbonyl (C=O) groups is 3. The first kappa shape index (κ1) is 30.7. The van der Waals surface area contributed by atoms with Crippen LogP contribution < -0.4 is 10.5 Å². The topological polar surface area (TPSA) is 108 Å². The van der Waals surface area contributed by atoms with E-state index in [1.165, 1.54) is 25.7 Å². The van der Waals surface area contributed by atoms with E-state index in [0.29, 0.717) is 41.3 Å². The average Bonchev–Trinajstić information content (AvgIpc) is 3.44. The van der Waals surface area contributed by atoms with Gasteiger partial charge in [-0.3, -0.25) is 4.79 Å². The maximum absolute atomic E-state index is 13.6. The molecule has 2 N–H and O–H groups in total. The average molecular weight is 583 g/mol. The van der Waals surface area contributed by atoms with Gasteiger partial charge in [0.15, 0.2) is 5.78 Å². The van der Waals surface area contributed by atoms with Crippen LogP contribution in [-0.4, -0.2) is 48.9 Å². The van der Waals surface area contributed by atoms with Crippen LogP contribution in [0.15, 0.2) is 52.8 Å². The molecule has 2 aromatic carbocycles. The van der Waals surface area contributed by atoms with Gasteiger partial charge < -0.3 is 23.7 Å². The number of benzene rings is 2. The Bertz CT molecular complexity index is 1270.